The van der Waals surface area contributed by atoms with Gasteiger partial charge < -0.3 is 15.4 Å². The number of hydrogen-bond acceptors (Lipinski definition) is 3. The highest BCUT2D eigenvalue weighted by Crippen LogP contribution is 2.17. The molecule has 2 aliphatic heterocycles. The van der Waals surface area contributed by atoms with Crippen molar-refractivity contribution in [3.8, 4) is 0 Å². The molecule has 0 aromatic heterocycles. The Labute approximate surface area is 80.2 Å². The number of rotatable bonds is 1. The molecule has 2 saturated heterocycles. The first-order chi connectivity index (χ1) is 6.47. The maximum absolute atomic E-state index is 5.58. The highest BCUT2D eigenvalue weighted by Gasteiger charge is 2.24. The first-order valence-electron chi connectivity index (χ1n) is 5.48. The lowest BCUT2D eigenvalue weighted by atomic mass is 9.90. The van der Waals surface area contributed by atoms with Crippen LogP contribution in [0.5, 0.6) is 0 Å². The van der Waals surface area contributed by atoms with Crippen LogP contribution in [-0.4, -0.2) is 38.9 Å². The molecule has 3 heteroatoms. The van der Waals surface area contributed by atoms with E-state index < -0.39 is 0 Å². The molecule has 0 spiro atoms. The Balaban J connectivity index is 1.82. The van der Waals surface area contributed by atoms with Crippen LogP contribution in [0, 0.1) is 5.92 Å². The molecule has 2 heterocycles. The second kappa shape index (κ2) is 4.94. The second-order valence-corrected chi connectivity index (χ2v) is 4.08. The third kappa shape index (κ3) is 2.66. The summed E-state index contributed by atoms with van der Waals surface area (Å²) >= 11 is 0. The molecule has 0 radical (unpaired) electrons. The maximum atomic E-state index is 5.58. The van der Waals surface area contributed by atoms with Crippen molar-refractivity contribution in [3.63, 3.8) is 0 Å². The Morgan fingerprint density at radius 2 is 1.92 bits per heavy atom. The van der Waals surface area contributed by atoms with Crippen LogP contribution in [0.25, 0.3) is 0 Å². The maximum Gasteiger partial charge on any atom is 0.0622 e. The van der Waals surface area contributed by atoms with Crippen molar-refractivity contribution in [2.45, 2.75) is 25.3 Å². The number of hydrogen-bond donors (Lipinski definition) is 2. The van der Waals surface area contributed by atoms with Crippen LogP contribution in [-0.2, 0) is 4.74 Å². The third-order valence-electron chi connectivity index (χ3n) is 3.12. The molecule has 0 bridgehead atoms. The quantitative estimate of drug-likeness (QED) is 0.617. The van der Waals surface area contributed by atoms with E-state index in [1.54, 1.807) is 0 Å². The van der Waals surface area contributed by atoms with Gasteiger partial charge in [-0.25, -0.2) is 0 Å². The largest absolute Gasteiger partial charge is 0.380 e. The molecule has 0 aliphatic carbocycles. The molecule has 0 amide bonds. The first kappa shape index (κ1) is 9.44. The molecule has 0 aromatic carbocycles. The topological polar surface area (TPSA) is 33.3 Å². The van der Waals surface area contributed by atoms with Crippen molar-refractivity contribution in [1.29, 1.82) is 0 Å². The Morgan fingerprint density at radius 3 is 2.77 bits per heavy atom. The molecule has 0 aromatic rings. The minimum Gasteiger partial charge on any atom is -0.380 e. The summed E-state index contributed by atoms with van der Waals surface area (Å²) in [4.78, 5) is 0. The average Bonchev–Trinajstić information content (AvgIpc) is 2.47. The summed E-state index contributed by atoms with van der Waals surface area (Å²) in [5.41, 5.74) is 0. The fraction of sp³-hybridized carbons (Fsp3) is 1.00. The van der Waals surface area contributed by atoms with Gasteiger partial charge in [-0.2, -0.15) is 0 Å². The normalized spacial score (nSPS) is 32.8. The van der Waals surface area contributed by atoms with Gasteiger partial charge >= 0.3 is 0 Å². The molecule has 1 unspecified atom stereocenters. The summed E-state index contributed by atoms with van der Waals surface area (Å²) in [6, 6.07) is 0.615. The smallest absolute Gasteiger partial charge is 0.0622 e. The summed E-state index contributed by atoms with van der Waals surface area (Å²) in [5, 5.41) is 7.00. The Bertz CT molecular complexity index is 138. The minimum absolute atomic E-state index is 0.615. The molecule has 2 aliphatic rings. The molecule has 3 nitrogen and oxygen atoms in total. The molecule has 1 atom stereocenters. The SMILES string of the molecule is C1CNC(C2CCNCC2)COC1. The van der Waals surface area contributed by atoms with Crippen molar-refractivity contribution < 1.29 is 4.74 Å². The van der Waals surface area contributed by atoms with Crippen molar-refractivity contribution in [2.75, 3.05) is 32.8 Å². The van der Waals surface area contributed by atoms with Gasteiger partial charge in [-0.1, -0.05) is 0 Å². The van der Waals surface area contributed by atoms with Crippen molar-refractivity contribution in [3.05, 3.63) is 0 Å². The van der Waals surface area contributed by atoms with Gasteiger partial charge in [-0.15, -0.1) is 0 Å². The van der Waals surface area contributed by atoms with Crippen LogP contribution in [0.1, 0.15) is 19.3 Å². The molecule has 2 fully saturated rings. The predicted octanol–water partition coefficient (Wildman–Crippen LogP) is 0.365. The highest BCUT2D eigenvalue weighted by molar-refractivity contribution is 4.81. The minimum atomic E-state index is 0.615. The van der Waals surface area contributed by atoms with Crippen LogP contribution in [0.2, 0.25) is 0 Å². The zero-order valence-electron chi connectivity index (χ0n) is 8.22. The van der Waals surface area contributed by atoms with Gasteiger partial charge in [0.1, 0.15) is 0 Å². The fourth-order valence-corrected chi connectivity index (χ4v) is 2.28. The van der Waals surface area contributed by atoms with Crippen molar-refractivity contribution in [1.82, 2.24) is 10.6 Å². The van der Waals surface area contributed by atoms with Gasteiger partial charge in [0.15, 0.2) is 0 Å². The van der Waals surface area contributed by atoms with E-state index in [0.29, 0.717) is 6.04 Å². The van der Waals surface area contributed by atoms with Gasteiger partial charge in [-0.3, -0.25) is 0 Å². The van der Waals surface area contributed by atoms with Crippen LogP contribution < -0.4 is 10.6 Å². The second-order valence-electron chi connectivity index (χ2n) is 4.08. The van der Waals surface area contributed by atoms with Crippen LogP contribution in [0.15, 0.2) is 0 Å². The molecule has 0 saturated carbocycles. The van der Waals surface area contributed by atoms with Gasteiger partial charge in [0.2, 0.25) is 0 Å². The first-order valence-corrected chi connectivity index (χ1v) is 5.48. The monoisotopic (exact) mass is 184 g/mol. The van der Waals surface area contributed by atoms with E-state index >= 15 is 0 Å². The average molecular weight is 184 g/mol. The number of nitrogens with one attached hydrogen (secondary N) is 2. The lowest BCUT2D eigenvalue weighted by Gasteiger charge is -2.30. The van der Waals surface area contributed by atoms with Crippen molar-refractivity contribution >= 4 is 0 Å². The van der Waals surface area contributed by atoms with Gasteiger partial charge in [0.25, 0.3) is 0 Å². The van der Waals surface area contributed by atoms with Crippen molar-refractivity contribution in [2.24, 2.45) is 5.92 Å². The van der Waals surface area contributed by atoms with E-state index in [9.17, 15) is 0 Å². The summed E-state index contributed by atoms with van der Waals surface area (Å²) in [6.07, 6.45) is 3.78. The van der Waals surface area contributed by atoms with Crippen LogP contribution >= 0.6 is 0 Å². The van der Waals surface area contributed by atoms with Gasteiger partial charge in [0, 0.05) is 12.6 Å². The third-order valence-corrected chi connectivity index (χ3v) is 3.12. The van der Waals surface area contributed by atoms with E-state index in [-0.39, 0.29) is 0 Å². The van der Waals surface area contributed by atoms with Gasteiger partial charge in [0.05, 0.1) is 6.61 Å². The summed E-state index contributed by atoms with van der Waals surface area (Å²) in [7, 11) is 0. The lowest BCUT2D eigenvalue weighted by molar-refractivity contribution is 0.107. The van der Waals surface area contributed by atoms with Crippen LogP contribution in [0.3, 0.4) is 0 Å². The van der Waals surface area contributed by atoms with E-state index in [2.05, 4.69) is 10.6 Å². The summed E-state index contributed by atoms with van der Waals surface area (Å²) in [5.74, 6) is 0.833. The Morgan fingerprint density at radius 1 is 1.08 bits per heavy atom. The molecule has 2 N–H and O–H groups in total. The fourth-order valence-electron chi connectivity index (χ4n) is 2.28. The highest BCUT2D eigenvalue weighted by atomic mass is 16.5. The van der Waals surface area contributed by atoms with E-state index in [1.165, 1.54) is 32.4 Å². The predicted molar refractivity (Wildman–Crippen MR) is 52.8 cm³/mol. The Kier molecular flexibility index (Phi) is 3.58. The lowest BCUT2D eigenvalue weighted by Crippen LogP contribution is -2.43. The standard InChI is InChI=1S/C10H20N2O/c1-4-12-10(8-13-7-1)9-2-5-11-6-3-9/h9-12H,1-8H2. The van der Waals surface area contributed by atoms with E-state index in [4.69, 9.17) is 4.74 Å². The number of ether oxygens (including phenoxy) is 1. The zero-order valence-corrected chi connectivity index (χ0v) is 8.22. The van der Waals surface area contributed by atoms with Crippen LogP contribution in [0.4, 0.5) is 0 Å². The zero-order chi connectivity index (χ0) is 8.93. The molecule has 76 valence electrons. The van der Waals surface area contributed by atoms with Gasteiger partial charge in [-0.05, 0) is 44.8 Å². The molecule has 2 rings (SSSR count). The summed E-state index contributed by atoms with van der Waals surface area (Å²) < 4.78 is 5.58. The molecule has 13 heavy (non-hydrogen) atoms. The number of piperidine rings is 1. The molecular formula is C10H20N2O. The molecular weight excluding hydrogens is 164 g/mol. The summed E-state index contributed by atoms with van der Waals surface area (Å²) in [6.45, 7) is 5.36. The van der Waals surface area contributed by atoms with E-state index in [1.807, 2.05) is 0 Å². The Hall–Kier alpha value is -0.120. The van der Waals surface area contributed by atoms with E-state index in [0.717, 1.165) is 25.7 Å².